The van der Waals surface area contributed by atoms with E-state index in [1.807, 2.05) is 18.2 Å². The van der Waals surface area contributed by atoms with Crippen LogP contribution < -0.4 is 10.4 Å². The number of nitrogens with zero attached hydrogens (tertiary/aromatic N) is 3. The Morgan fingerprint density at radius 3 is 2.53 bits per heavy atom. The molecular weight excluding hydrogens is 499 g/mol. The number of hydrogen-bond acceptors (Lipinski definition) is 7. The molecule has 1 saturated carbocycles. The zero-order valence-corrected chi connectivity index (χ0v) is 21.6. The van der Waals surface area contributed by atoms with Gasteiger partial charge in [-0.3, -0.25) is 4.84 Å². The van der Waals surface area contributed by atoms with Crippen molar-refractivity contribution >= 4 is 34.7 Å². The summed E-state index contributed by atoms with van der Waals surface area (Å²) < 4.78 is 12.2. The average Bonchev–Trinajstić information content (AvgIpc) is 3.41. The highest BCUT2D eigenvalue weighted by molar-refractivity contribution is 6.39. The van der Waals surface area contributed by atoms with Crippen LogP contribution in [0.2, 0.25) is 10.0 Å². The molecule has 3 heterocycles. The van der Waals surface area contributed by atoms with Crippen LogP contribution in [0.5, 0.6) is 0 Å². The lowest BCUT2D eigenvalue weighted by Gasteiger charge is -2.34. The second-order valence-corrected chi connectivity index (χ2v) is 10.4. The molecule has 2 aliphatic heterocycles. The number of rotatable bonds is 7. The van der Waals surface area contributed by atoms with Crippen molar-refractivity contribution in [1.29, 1.82) is 0 Å². The van der Waals surface area contributed by atoms with Crippen LogP contribution in [0.1, 0.15) is 54.1 Å². The normalized spacial score (nSPS) is 18.4. The van der Waals surface area contributed by atoms with Gasteiger partial charge in [-0.2, -0.15) is 0 Å². The average molecular weight is 527 g/mol. The van der Waals surface area contributed by atoms with E-state index in [1.54, 1.807) is 0 Å². The molecule has 1 aliphatic carbocycles. The van der Waals surface area contributed by atoms with Gasteiger partial charge in [0.15, 0.2) is 12.6 Å². The quantitative estimate of drug-likeness (QED) is 0.391. The second-order valence-electron chi connectivity index (χ2n) is 9.62. The number of benzene rings is 2. The van der Waals surface area contributed by atoms with Gasteiger partial charge < -0.3 is 14.2 Å². The second kappa shape index (κ2) is 10.1. The van der Waals surface area contributed by atoms with Crippen LogP contribution in [0.4, 0.5) is 5.69 Å². The molecule has 36 heavy (non-hydrogen) atoms. The van der Waals surface area contributed by atoms with Gasteiger partial charge in [0.2, 0.25) is 0 Å². The summed E-state index contributed by atoms with van der Waals surface area (Å²) in [6.45, 7) is 4.79. The molecule has 0 amide bonds. The standard InChI is InChI=1S/C27H28Cl2N4O3/c1-16-13-18(7-8-20(16)27-30-15-35-32-27)33-11-9-19(10-12-33)34-14-21-25(31-36-26(21)17-5-6-17)24-22(28)3-2-4-23(24)29/h2-4,7-8,13,17,19H,5-6,9-12,14-15H2,1H3,(H,30,32). The van der Waals surface area contributed by atoms with Crippen LogP contribution in [0.15, 0.2) is 45.9 Å². The lowest BCUT2D eigenvalue weighted by molar-refractivity contribution is 0.0246. The van der Waals surface area contributed by atoms with Gasteiger partial charge in [-0.15, -0.1) is 0 Å². The van der Waals surface area contributed by atoms with Gasteiger partial charge in [0.1, 0.15) is 11.5 Å². The molecule has 2 aromatic carbocycles. The molecule has 0 radical (unpaired) electrons. The van der Waals surface area contributed by atoms with E-state index in [0.717, 1.165) is 61.5 Å². The smallest absolute Gasteiger partial charge is 0.167 e. The van der Waals surface area contributed by atoms with E-state index in [-0.39, 0.29) is 6.10 Å². The SMILES string of the molecule is Cc1cc(N2CCC(OCc3c(-c4c(Cl)cccc4Cl)noc3C3CC3)CC2)ccc1C1=NCON1. The van der Waals surface area contributed by atoms with Gasteiger partial charge in [-0.1, -0.05) is 34.4 Å². The third-order valence-corrected chi connectivity index (χ3v) is 7.79. The summed E-state index contributed by atoms with van der Waals surface area (Å²) >= 11 is 13.0. The van der Waals surface area contributed by atoms with Crippen molar-refractivity contribution in [3.05, 3.63) is 68.9 Å². The minimum atomic E-state index is 0.173. The molecule has 7 nitrogen and oxygen atoms in total. The summed E-state index contributed by atoms with van der Waals surface area (Å²) in [6, 6.07) is 12.0. The number of hydrogen-bond donors (Lipinski definition) is 1. The summed E-state index contributed by atoms with van der Waals surface area (Å²) in [5, 5.41) is 5.51. The molecule has 9 heteroatoms. The minimum absolute atomic E-state index is 0.173. The summed E-state index contributed by atoms with van der Waals surface area (Å²) in [4.78, 5) is 11.9. The molecule has 6 rings (SSSR count). The van der Waals surface area contributed by atoms with Crippen LogP contribution in [0, 0.1) is 6.92 Å². The maximum Gasteiger partial charge on any atom is 0.167 e. The van der Waals surface area contributed by atoms with E-state index < -0.39 is 0 Å². The number of aromatic nitrogens is 1. The van der Waals surface area contributed by atoms with Crippen molar-refractivity contribution in [1.82, 2.24) is 10.6 Å². The Labute approximate surface area is 220 Å². The Kier molecular flexibility index (Phi) is 6.65. The van der Waals surface area contributed by atoms with Gasteiger partial charge in [-0.25, -0.2) is 10.5 Å². The first-order chi connectivity index (χ1) is 17.6. The summed E-state index contributed by atoms with van der Waals surface area (Å²) in [6.07, 6.45) is 4.31. The third-order valence-electron chi connectivity index (χ3n) is 7.16. The Hall–Kier alpha value is -2.58. The van der Waals surface area contributed by atoms with Gasteiger partial charge in [-0.05, 0) is 68.5 Å². The predicted molar refractivity (Wildman–Crippen MR) is 141 cm³/mol. The summed E-state index contributed by atoms with van der Waals surface area (Å²) in [5.74, 6) is 2.12. The molecular formula is C27H28Cl2N4O3. The van der Waals surface area contributed by atoms with Gasteiger partial charge >= 0.3 is 0 Å². The molecule has 2 fully saturated rings. The Bertz CT molecular complexity index is 1280. The van der Waals surface area contributed by atoms with Crippen molar-refractivity contribution in [2.24, 2.45) is 4.99 Å². The van der Waals surface area contributed by atoms with E-state index in [4.69, 9.17) is 37.3 Å². The predicted octanol–water partition coefficient (Wildman–Crippen LogP) is 6.26. The van der Waals surface area contributed by atoms with Gasteiger partial charge in [0.05, 0.1) is 22.8 Å². The van der Waals surface area contributed by atoms with Crippen LogP contribution in [0.25, 0.3) is 11.3 Å². The lowest BCUT2D eigenvalue weighted by Crippen LogP contribution is -2.37. The van der Waals surface area contributed by atoms with Crippen molar-refractivity contribution in [2.75, 3.05) is 24.7 Å². The number of halogens is 2. The maximum absolute atomic E-state index is 6.49. The van der Waals surface area contributed by atoms with E-state index in [0.29, 0.717) is 40.6 Å². The number of aryl methyl sites for hydroxylation is 1. The largest absolute Gasteiger partial charge is 0.373 e. The van der Waals surface area contributed by atoms with E-state index in [9.17, 15) is 0 Å². The lowest BCUT2D eigenvalue weighted by atomic mass is 10.0. The highest BCUT2D eigenvalue weighted by atomic mass is 35.5. The van der Waals surface area contributed by atoms with E-state index in [2.05, 4.69) is 45.7 Å². The maximum atomic E-state index is 6.49. The van der Waals surface area contributed by atoms with Crippen LogP contribution in [0.3, 0.4) is 0 Å². The highest BCUT2D eigenvalue weighted by Crippen LogP contribution is 2.46. The van der Waals surface area contributed by atoms with E-state index >= 15 is 0 Å². The zero-order valence-electron chi connectivity index (χ0n) is 20.1. The molecule has 1 N–H and O–H groups in total. The van der Waals surface area contributed by atoms with Crippen molar-refractivity contribution in [3.63, 3.8) is 0 Å². The fourth-order valence-electron chi connectivity index (χ4n) is 5.01. The molecule has 0 bridgehead atoms. The first kappa shape index (κ1) is 23.8. The highest BCUT2D eigenvalue weighted by Gasteiger charge is 2.34. The molecule has 188 valence electrons. The van der Waals surface area contributed by atoms with Crippen LogP contribution >= 0.6 is 23.2 Å². The fraction of sp³-hybridized carbons (Fsp3) is 0.407. The molecule has 1 saturated heterocycles. The summed E-state index contributed by atoms with van der Waals surface area (Å²) in [5.41, 5.74) is 8.74. The number of ether oxygens (including phenoxy) is 1. The van der Waals surface area contributed by atoms with Crippen molar-refractivity contribution in [2.45, 2.75) is 51.2 Å². The van der Waals surface area contributed by atoms with Gasteiger partial charge in [0, 0.05) is 41.4 Å². The van der Waals surface area contributed by atoms with Crippen molar-refractivity contribution in [3.8, 4) is 11.3 Å². The minimum Gasteiger partial charge on any atom is -0.373 e. The number of amidine groups is 1. The number of piperidine rings is 1. The number of hydroxylamine groups is 1. The first-order valence-electron chi connectivity index (χ1n) is 12.4. The molecule has 0 atom stereocenters. The third kappa shape index (κ3) is 4.73. The number of anilines is 1. The Morgan fingerprint density at radius 2 is 1.86 bits per heavy atom. The molecule has 0 unspecified atom stereocenters. The fourth-order valence-corrected chi connectivity index (χ4v) is 5.59. The molecule has 3 aromatic rings. The molecule has 0 spiro atoms. The van der Waals surface area contributed by atoms with Crippen LogP contribution in [-0.2, 0) is 16.2 Å². The Balaban J connectivity index is 1.12. The Morgan fingerprint density at radius 1 is 1.08 bits per heavy atom. The molecule has 3 aliphatic rings. The topological polar surface area (TPSA) is 72.1 Å². The van der Waals surface area contributed by atoms with E-state index in [1.165, 1.54) is 11.3 Å². The van der Waals surface area contributed by atoms with Gasteiger partial charge in [0.25, 0.3) is 0 Å². The van der Waals surface area contributed by atoms with Crippen LogP contribution in [-0.4, -0.2) is 36.9 Å². The monoisotopic (exact) mass is 526 g/mol. The zero-order chi connectivity index (χ0) is 24.6. The first-order valence-corrected chi connectivity index (χ1v) is 13.2. The molecule has 1 aromatic heterocycles. The van der Waals surface area contributed by atoms with Crippen molar-refractivity contribution < 1.29 is 14.1 Å². The summed E-state index contributed by atoms with van der Waals surface area (Å²) in [7, 11) is 0. The number of nitrogens with one attached hydrogen (secondary N) is 1. The number of aliphatic imine (C=N–C) groups is 1.